The third kappa shape index (κ3) is 5.39. The van der Waals surface area contributed by atoms with Gasteiger partial charge in [0.25, 0.3) is 6.71 Å². The highest BCUT2D eigenvalue weighted by Gasteiger charge is 2.55. The van der Waals surface area contributed by atoms with Gasteiger partial charge in [0.15, 0.2) is 0 Å². The summed E-state index contributed by atoms with van der Waals surface area (Å²) in [5.41, 5.74) is 32.9. The van der Waals surface area contributed by atoms with E-state index in [4.69, 9.17) is 0 Å². The predicted octanol–water partition coefficient (Wildman–Crippen LogP) is 15.9. The van der Waals surface area contributed by atoms with Crippen molar-refractivity contribution in [3.05, 3.63) is 195 Å². The van der Waals surface area contributed by atoms with Crippen LogP contribution in [0.5, 0.6) is 0 Å². The van der Waals surface area contributed by atoms with Crippen LogP contribution in [-0.4, -0.2) is 15.8 Å². The fourth-order valence-electron chi connectivity index (χ4n) is 15.5. The van der Waals surface area contributed by atoms with E-state index in [2.05, 4.69) is 232 Å². The average Bonchev–Trinajstić information content (AvgIpc) is 4.20. The van der Waals surface area contributed by atoms with Crippen molar-refractivity contribution in [3.8, 4) is 44.9 Å². The van der Waals surface area contributed by atoms with Crippen molar-refractivity contribution in [2.24, 2.45) is 0 Å². The van der Waals surface area contributed by atoms with Crippen LogP contribution in [0, 0.1) is 0 Å². The van der Waals surface area contributed by atoms with Gasteiger partial charge in [0.1, 0.15) is 0 Å². The lowest BCUT2D eigenvalue weighted by atomic mass is 9.33. The summed E-state index contributed by atoms with van der Waals surface area (Å²) in [6, 6.07) is 56.6. The summed E-state index contributed by atoms with van der Waals surface area (Å²) < 4.78 is 5.61. The van der Waals surface area contributed by atoms with Gasteiger partial charge in [-0.05, 0) is 160 Å². The molecule has 8 aromatic carbocycles. The quantitative estimate of drug-likeness (QED) is 0.156. The van der Waals surface area contributed by atoms with Crippen LogP contribution in [0.15, 0.2) is 140 Å². The Morgan fingerprint density at radius 1 is 0.500 bits per heavy atom. The zero-order valence-corrected chi connectivity index (χ0v) is 45.6. The molecule has 364 valence electrons. The first-order chi connectivity index (χ1) is 35.4. The SMILES string of the molecule is CCc1cc2c3c(c1)c1cc(CC)cc4c1n3-c1c(ccc3c1B2c1cc2c(c5c(-c6ccc(C(C)(C)C)cc6)c(-c6ccc(C(C)(C)C)cc6)n-3c15)C(C)(C)CCC2(C)C)C41c2ccccc2-c2ccccc21. The van der Waals surface area contributed by atoms with Crippen LogP contribution in [0.3, 0.4) is 0 Å². The molecule has 3 aliphatic heterocycles. The van der Waals surface area contributed by atoms with E-state index in [9.17, 15) is 0 Å². The maximum absolute atomic E-state index is 2.80. The Labute approximate surface area is 438 Å². The van der Waals surface area contributed by atoms with Gasteiger partial charge >= 0.3 is 0 Å². The van der Waals surface area contributed by atoms with Crippen molar-refractivity contribution in [3.63, 3.8) is 0 Å². The van der Waals surface area contributed by atoms with Crippen LogP contribution >= 0.6 is 0 Å². The van der Waals surface area contributed by atoms with E-state index < -0.39 is 5.41 Å². The van der Waals surface area contributed by atoms with Crippen LogP contribution in [0.4, 0.5) is 0 Å². The lowest BCUT2D eigenvalue weighted by molar-refractivity contribution is 0.335. The molecule has 0 saturated carbocycles. The number of rotatable bonds is 4. The fourth-order valence-corrected chi connectivity index (χ4v) is 15.5. The van der Waals surface area contributed by atoms with Crippen molar-refractivity contribution in [1.82, 2.24) is 9.13 Å². The Kier molecular flexibility index (Phi) is 8.63. The number of fused-ring (bicyclic) bond motifs is 13. The van der Waals surface area contributed by atoms with Gasteiger partial charge in [-0.15, -0.1) is 0 Å². The Bertz CT molecular complexity index is 4110. The van der Waals surface area contributed by atoms with Gasteiger partial charge in [-0.1, -0.05) is 204 Å². The van der Waals surface area contributed by atoms with E-state index in [1.165, 1.54) is 144 Å². The molecule has 0 saturated heterocycles. The molecule has 0 atom stereocenters. The highest BCUT2D eigenvalue weighted by molar-refractivity contribution is 7.00. The molecule has 1 spiro atoms. The summed E-state index contributed by atoms with van der Waals surface area (Å²) in [6.45, 7) is 28.9. The Morgan fingerprint density at radius 3 is 1.66 bits per heavy atom. The molecular formula is C71H67BN2. The maximum atomic E-state index is 2.80. The normalized spacial score (nSPS) is 16.7. The van der Waals surface area contributed by atoms with Gasteiger partial charge < -0.3 is 9.13 Å². The van der Waals surface area contributed by atoms with Crippen LogP contribution < -0.4 is 16.4 Å². The van der Waals surface area contributed by atoms with Crippen LogP contribution in [0.25, 0.3) is 77.6 Å². The van der Waals surface area contributed by atoms with Crippen molar-refractivity contribution >= 4 is 55.8 Å². The Hall–Kier alpha value is -6.84. The van der Waals surface area contributed by atoms with Crippen LogP contribution in [0.2, 0.25) is 0 Å². The average molecular weight is 959 g/mol. The molecule has 0 amide bonds. The molecule has 15 rings (SSSR count). The van der Waals surface area contributed by atoms with Crippen LogP contribution in [-0.2, 0) is 39.9 Å². The second-order valence-corrected chi connectivity index (χ2v) is 26.4. The predicted molar refractivity (Wildman–Crippen MR) is 315 cm³/mol. The first kappa shape index (κ1) is 44.6. The highest BCUT2D eigenvalue weighted by Crippen LogP contribution is 2.62. The molecule has 5 heterocycles. The molecule has 2 nitrogen and oxygen atoms in total. The molecule has 2 aliphatic carbocycles. The highest BCUT2D eigenvalue weighted by atomic mass is 15.1. The van der Waals surface area contributed by atoms with E-state index in [1.807, 2.05) is 0 Å². The summed E-state index contributed by atoms with van der Waals surface area (Å²) in [6.07, 6.45) is 4.25. The third-order valence-electron chi connectivity index (χ3n) is 19.4. The first-order valence-electron chi connectivity index (χ1n) is 27.9. The summed E-state index contributed by atoms with van der Waals surface area (Å²) in [7, 11) is 0. The van der Waals surface area contributed by atoms with E-state index >= 15 is 0 Å². The van der Waals surface area contributed by atoms with Crippen molar-refractivity contribution in [2.75, 3.05) is 0 Å². The summed E-state index contributed by atoms with van der Waals surface area (Å²) in [5, 5.41) is 4.25. The summed E-state index contributed by atoms with van der Waals surface area (Å²) in [5.74, 6) is 0. The smallest absolute Gasteiger partial charge is 0.252 e. The summed E-state index contributed by atoms with van der Waals surface area (Å²) >= 11 is 0. The first-order valence-corrected chi connectivity index (χ1v) is 27.9. The van der Waals surface area contributed by atoms with Crippen molar-refractivity contribution in [1.29, 1.82) is 0 Å². The largest absolute Gasteiger partial charge is 0.310 e. The Morgan fingerprint density at radius 2 is 1.05 bits per heavy atom. The molecule has 2 aromatic heterocycles. The zero-order valence-electron chi connectivity index (χ0n) is 45.6. The van der Waals surface area contributed by atoms with Gasteiger partial charge in [-0.3, -0.25) is 0 Å². The molecule has 5 aliphatic rings. The second kappa shape index (κ2) is 14.3. The second-order valence-electron chi connectivity index (χ2n) is 26.4. The lowest BCUT2D eigenvalue weighted by Gasteiger charge is -2.45. The molecule has 0 radical (unpaired) electrons. The van der Waals surface area contributed by atoms with Gasteiger partial charge in [-0.2, -0.15) is 0 Å². The van der Waals surface area contributed by atoms with Gasteiger partial charge in [0.2, 0.25) is 0 Å². The summed E-state index contributed by atoms with van der Waals surface area (Å²) in [4.78, 5) is 0. The van der Waals surface area contributed by atoms with E-state index in [0.29, 0.717) is 0 Å². The third-order valence-corrected chi connectivity index (χ3v) is 19.4. The van der Waals surface area contributed by atoms with Crippen molar-refractivity contribution in [2.45, 2.75) is 136 Å². The minimum absolute atomic E-state index is 0.0187. The molecule has 3 heteroatoms. The number of nitrogens with zero attached hydrogens (tertiary/aromatic N) is 2. The molecule has 0 fully saturated rings. The van der Waals surface area contributed by atoms with E-state index in [-0.39, 0.29) is 28.4 Å². The van der Waals surface area contributed by atoms with E-state index in [0.717, 1.165) is 25.7 Å². The number of benzene rings is 8. The Balaban J connectivity index is 1.19. The molecular weight excluding hydrogens is 892 g/mol. The molecule has 74 heavy (non-hydrogen) atoms. The standard InChI is InChI=1S/C71H67BN2/c1-13-40-35-48-49-36-41(14-2)38-55-64(49)74-63(48)54(37-40)71(50-21-17-15-19-46(50)47-20-16-18-22-51(47)71)52-31-32-57-61(65(52)74)72(55)56-39-53-60(70(11,12)34-33-69(53,9)10)59-58(42-23-27-44(28-24-42)67(3,4)5)62(73(57)66(56)59)43-25-29-45(30-26-43)68(6,7)8/h15-32,35-39H,13-14,33-34H2,1-12H3. The number of hydrogen-bond donors (Lipinski definition) is 0. The topological polar surface area (TPSA) is 9.86 Å². The minimum atomic E-state index is -0.513. The monoisotopic (exact) mass is 959 g/mol. The molecule has 0 N–H and O–H groups in total. The minimum Gasteiger partial charge on any atom is -0.310 e. The number of aromatic nitrogens is 2. The molecule has 0 bridgehead atoms. The van der Waals surface area contributed by atoms with Gasteiger partial charge in [0, 0.05) is 44.1 Å². The van der Waals surface area contributed by atoms with E-state index in [1.54, 1.807) is 5.56 Å². The zero-order chi connectivity index (χ0) is 50.9. The number of aryl methyl sites for hydroxylation is 2. The fraction of sp³-hybridized carbons (Fsp3) is 0.296. The van der Waals surface area contributed by atoms with Gasteiger partial charge in [0.05, 0.1) is 16.6 Å². The lowest BCUT2D eigenvalue weighted by Crippen LogP contribution is -2.61. The van der Waals surface area contributed by atoms with Gasteiger partial charge in [-0.25, -0.2) is 0 Å². The maximum Gasteiger partial charge on any atom is 0.252 e. The number of hydrogen-bond acceptors (Lipinski definition) is 0. The van der Waals surface area contributed by atoms with Crippen molar-refractivity contribution < 1.29 is 0 Å². The molecule has 10 aromatic rings. The van der Waals surface area contributed by atoms with Crippen LogP contribution in [0.1, 0.15) is 152 Å². The molecule has 0 unspecified atom stereocenters.